The Balaban J connectivity index is 1.89. The summed E-state index contributed by atoms with van der Waals surface area (Å²) in [6.45, 7) is 2.56. The van der Waals surface area contributed by atoms with Gasteiger partial charge in [0.2, 0.25) is 5.95 Å². The SMILES string of the molecule is Cc1nn(C)c(F)c1CNCc1cnn(CCF)c1. The summed E-state index contributed by atoms with van der Waals surface area (Å²) < 4.78 is 28.6. The van der Waals surface area contributed by atoms with Gasteiger partial charge in [0.15, 0.2) is 0 Å². The third kappa shape index (κ3) is 3.17. The third-order valence-corrected chi connectivity index (χ3v) is 2.90. The van der Waals surface area contributed by atoms with Gasteiger partial charge in [-0.3, -0.25) is 4.68 Å². The van der Waals surface area contributed by atoms with E-state index in [1.54, 1.807) is 31.0 Å². The first kappa shape index (κ1) is 13.7. The van der Waals surface area contributed by atoms with Crippen LogP contribution in [-0.4, -0.2) is 26.2 Å². The van der Waals surface area contributed by atoms with E-state index in [0.717, 1.165) is 5.56 Å². The molecular formula is C12H17F2N5. The number of halogens is 2. The molecule has 0 saturated carbocycles. The molecular weight excluding hydrogens is 252 g/mol. The van der Waals surface area contributed by atoms with E-state index in [1.807, 2.05) is 0 Å². The van der Waals surface area contributed by atoms with Gasteiger partial charge in [-0.05, 0) is 6.92 Å². The molecule has 19 heavy (non-hydrogen) atoms. The fourth-order valence-electron chi connectivity index (χ4n) is 1.91. The first-order chi connectivity index (χ1) is 9.11. The predicted octanol–water partition coefficient (Wildman–Crippen LogP) is 1.32. The zero-order valence-electron chi connectivity index (χ0n) is 11.0. The number of aryl methyl sites for hydroxylation is 3. The fourth-order valence-corrected chi connectivity index (χ4v) is 1.91. The summed E-state index contributed by atoms with van der Waals surface area (Å²) in [5.41, 5.74) is 2.19. The normalized spacial score (nSPS) is 11.2. The van der Waals surface area contributed by atoms with Gasteiger partial charge in [0.05, 0.1) is 18.4 Å². The minimum atomic E-state index is -0.436. The zero-order chi connectivity index (χ0) is 13.8. The van der Waals surface area contributed by atoms with Crippen molar-refractivity contribution in [3.63, 3.8) is 0 Å². The molecule has 0 amide bonds. The summed E-state index contributed by atoms with van der Waals surface area (Å²) in [6, 6.07) is 0. The maximum absolute atomic E-state index is 13.7. The summed E-state index contributed by atoms with van der Waals surface area (Å²) in [5.74, 6) is -0.321. The molecule has 7 heteroatoms. The van der Waals surface area contributed by atoms with Gasteiger partial charge in [-0.25, -0.2) is 9.07 Å². The third-order valence-electron chi connectivity index (χ3n) is 2.90. The maximum atomic E-state index is 13.7. The van der Waals surface area contributed by atoms with Crippen molar-refractivity contribution >= 4 is 0 Å². The molecule has 0 aliphatic rings. The summed E-state index contributed by atoms with van der Waals surface area (Å²) in [6.07, 6.45) is 3.45. The standard InChI is InChI=1S/C12H17F2N5/c1-9-11(12(14)18(2)17-9)7-15-5-10-6-16-19(8-10)4-3-13/h6,8,15H,3-5,7H2,1-2H3. The number of nitrogens with zero attached hydrogens (tertiary/aromatic N) is 4. The van der Waals surface area contributed by atoms with Crippen LogP contribution < -0.4 is 5.32 Å². The monoisotopic (exact) mass is 269 g/mol. The Morgan fingerprint density at radius 2 is 2.16 bits per heavy atom. The van der Waals surface area contributed by atoms with Gasteiger partial charge in [-0.15, -0.1) is 0 Å². The maximum Gasteiger partial charge on any atom is 0.215 e. The molecule has 1 N–H and O–H groups in total. The van der Waals surface area contributed by atoms with Crippen molar-refractivity contribution in [2.75, 3.05) is 6.67 Å². The van der Waals surface area contributed by atoms with Gasteiger partial charge in [0.25, 0.3) is 0 Å². The summed E-state index contributed by atoms with van der Waals surface area (Å²) in [5, 5.41) is 11.2. The lowest BCUT2D eigenvalue weighted by atomic mass is 10.2. The molecule has 0 saturated heterocycles. The lowest BCUT2D eigenvalue weighted by Crippen LogP contribution is -2.14. The predicted molar refractivity (Wildman–Crippen MR) is 66.6 cm³/mol. The fraction of sp³-hybridized carbons (Fsp3) is 0.500. The van der Waals surface area contributed by atoms with Crippen LogP contribution >= 0.6 is 0 Å². The van der Waals surface area contributed by atoms with Crippen molar-refractivity contribution in [1.29, 1.82) is 0 Å². The van der Waals surface area contributed by atoms with Crippen LogP contribution in [0.1, 0.15) is 16.8 Å². The summed E-state index contributed by atoms with van der Waals surface area (Å²) in [7, 11) is 1.58. The molecule has 0 aliphatic carbocycles. The Hall–Kier alpha value is -1.76. The van der Waals surface area contributed by atoms with Crippen LogP contribution in [0, 0.1) is 12.9 Å². The van der Waals surface area contributed by atoms with E-state index >= 15 is 0 Å². The second-order valence-electron chi connectivity index (χ2n) is 4.38. The largest absolute Gasteiger partial charge is 0.308 e. The molecule has 0 fully saturated rings. The van der Waals surface area contributed by atoms with E-state index in [1.165, 1.54) is 4.68 Å². The highest BCUT2D eigenvalue weighted by Gasteiger charge is 2.12. The van der Waals surface area contributed by atoms with E-state index < -0.39 is 6.67 Å². The lowest BCUT2D eigenvalue weighted by Gasteiger charge is -2.02. The van der Waals surface area contributed by atoms with Gasteiger partial charge >= 0.3 is 0 Å². The second-order valence-corrected chi connectivity index (χ2v) is 4.38. The van der Waals surface area contributed by atoms with Gasteiger partial charge in [-0.1, -0.05) is 0 Å². The molecule has 104 valence electrons. The molecule has 0 bridgehead atoms. The Kier molecular flexibility index (Phi) is 4.26. The number of alkyl halides is 1. The smallest absolute Gasteiger partial charge is 0.215 e. The Labute approximate surface area is 110 Å². The lowest BCUT2D eigenvalue weighted by molar-refractivity contribution is 0.427. The first-order valence-electron chi connectivity index (χ1n) is 6.07. The van der Waals surface area contributed by atoms with Crippen LogP contribution in [0.3, 0.4) is 0 Å². The highest BCUT2D eigenvalue weighted by Crippen LogP contribution is 2.10. The van der Waals surface area contributed by atoms with Crippen LogP contribution in [0.2, 0.25) is 0 Å². The van der Waals surface area contributed by atoms with E-state index in [9.17, 15) is 8.78 Å². The van der Waals surface area contributed by atoms with Gasteiger partial charge in [-0.2, -0.15) is 14.6 Å². The molecule has 0 aromatic carbocycles. The number of hydrogen-bond donors (Lipinski definition) is 1. The Bertz CT molecular complexity index is 546. The quantitative estimate of drug-likeness (QED) is 0.860. The van der Waals surface area contributed by atoms with Crippen LogP contribution in [0.5, 0.6) is 0 Å². The highest BCUT2D eigenvalue weighted by molar-refractivity contribution is 5.17. The van der Waals surface area contributed by atoms with Gasteiger partial charge < -0.3 is 5.32 Å². The molecule has 2 aromatic heterocycles. The van der Waals surface area contributed by atoms with Gasteiger partial charge in [0, 0.05) is 37.5 Å². The van der Waals surface area contributed by atoms with Crippen LogP contribution in [0.15, 0.2) is 12.4 Å². The van der Waals surface area contributed by atoms with E-state index in [2.05, 4.69) is 15.5 Å². The van der Waals surface area contributed by atoms with E-state index in [-0.39, 0.29) is 12.5 Å². The van der Waals surface area contributed by atoms with Crippen molar-refractivity contribution in [1.82, 2.24) is 24.9 Å². The van der Waals surface area contributed by atoms with Gasteiger partial charge in [0.1, 0.15) is 6.67 Å². The minimum absolute atomic E-state index is 0.260. The number of nitrogens with one attached hydrogen (secondary N) is 1. The molecule has 0 spiro atoms. The second kappa shape index (κ2) is 5.92. The Morgan fingerprint density at radius 3 is 2.79 bits per heavy atom. The van der Waals surface area contributed by atoms with Crippen molar-refractivity contribution in [3.8, 4) is 0 Å². The average Bonchev–Trinajstić information content (AvgIpc) is 2.90. The Morgan fingerprint density at radius 1 is 1.37 bits per heavy atom. The summed E-state index contributed by atoms with van der Waals surface area (Å²) >= 11 is 0. The van der Waals surface area contributed by atoms with Crippen molar-refractivity contribution < 1.29 is 8.78 Å². The molecule has 0 unspecified atom stereocenters. The highest BCUT2D eigenvalue weighted by atomic mass is 19.1. The van der Waals surface area contributed by atoms with E-state index in [0.29, 0.717) is 24.3 Å². The summed E-state index contributed by atoms with van der Waals surface area (Å²) in [4.78, 5) is 0. The number of aromatic nitrogens is 4. The van der Waals surface area contributed by atoms with Crippen LogP contribution in [0.25, 0.3) is 0 Å². The van der Waals surface area contributed by atoms with Crippen molar-refractivity contribution in [3.05, 3.63) is 35.2 Å². The first-order valence-corrected chi connectivity index (χ1v) is 6.07. The van der Waals surface area contributed by atoms with Crippen LogP contribution in [0.4, 0.5) is 8.78 Å². The van der Waals surface area contributed by atoms with Crippen molar-refractivity contribution in [2.45, 2.75) is 26.6 Å². The molecule has 0 radical (unpaired) electrons. The number of rotatable bonds is 6. The molecule has 0 atom stereocenters. The molecule has 0 aliphatic heterocycles. The number of hydrogen-bond acceptors (Lipinski definition) is 3. The molecule has 2 rings (SSSR count). The average molecular weight is 269 g/mol. The van der Waals surface area contributed by atoms with Crippen LogP contribution in [-0.2, 0) is 26.7 Å². The van der Waals surface area contributed by atoms with Crippen molar-refractivity contribution in [2.24, 2.45) is 7.05 Å². The van der Waals surface area contributed by atoms with E-state index in [4.69, 9.17) is 0 Å². The molecule has 2 heterocycles. The minimum Gasteiger partial charge on any atom is -0.308 e. The zero-order valence-corrected chi connectivity index (χ0v) is 11.0. The topological polar surface area (TPSA) is 47.7 Å². The molecule has 2 aromatic rings. The molecule has 5 nitrogen and oxygen atoms in total.